The second-order valence-electron chi connectivity index (χ2n) is 6.19. The van der Waals surface area contributed by atoms with Crippen LogP contribution in [0.1, 0.15) is 22.9 Å². The lowest BCUT2D eigenvalue weighted by Gasteiger charge is -2.28. The van der Waals surface area contributed by atoms with Crippen LogP contribution in [0, 0.1) is 0 Å². The molecular formula is C18H22N2O5S2. The van der Waals surface area contributed by atoms with Crippen molar-refractivity contribution in [2.24, 2.45) is 0 Å². The maximum Gasteiger partial charge on any atom is 0.252 e. The minimum absolute atomic E-state index is 0.148. The summed E-state index contributed by atoms with van der Waals surface area (Å²) in [5.74, 6) is 1.09. The van der Waals surface area contributed by atoms with Crippen molar-refractivity contribution < 1.29 is 22.7 Å². The van der Waals surface area contributed by atoms with Crippen LogP contribution in [-0.4, -0.2) is 39.4 Å². The standard InChI is InChI=1S/C18H22N2O5S2/c1-12(21)19-10-15-4-5-18(26-15)27(22,23)20-7-6-13-8-16(24-2)17(25-3)9-14(13)11-20/h4-5,8-9H,6-7,10-11H2,1-3H3,(H,19,21). The number of carbonyl (C=O) groups excluding carboxylic acids is 1. The summed E-state index contributed by atoms with van der Waals surface area (Å²) in [7, 11) is -0.449. The van der Waals surface area contributed by atoms with E-state index >= 15 is 0 Å². The van der Waals surface area contributed by atoms with Gasteiger partial charge >= 0.3 is 0 Å². The van der Waals surface area contributed by atoms with Crippen molar-refractivity contribution in [2.45, 2.75) is 30.6 Å². The number of nitrogens with zero attached hydrogens (tertiary/aromatic N) is 1. The molecule has 1 aromatic heterocycles. The second-order valence-corrected chi connectivity index (χ2v) is 9.53. The van der Waals surface area contributed by atoms with Gasteiger partial charge in [-0.25, -0.2) is 8.42 Å². The fourth-order valence-corrected chi connectivity index (χ4v) is 5.86. The number of fused-ring (bicyclic) bond motifs is 1. The summed E-state index contributed by atoms with van der Waals surface area (Å²) >= 11 is 1.18. The first-order valence-corrected chi connectivity index (χ1v) is 10.7. The average Bonchev–Trinajstić information content (AvgIpc) is 3.14. The topological polar surface area (TPSA) is 84.9 Å². The molecule has 0 saturated carbocycles. The Labute approximate surface area is 163 Å². The molecule has 0 radical (unpaired) electrons. The number of sulfonamides is 1. The molecule has 7 nitrogen and oxygen atoms in total. The van der Waals surface area contributed by atoms with Crippen molar-refractivity contribution in [1.82, 2.24) is 9.62 Å². The molecule has 0 saturated heterocycles. The SMILES string of the molecule is COc1cc2c(cc1OC)CN(S(=O)(=O)c1ccc(CNC(C)=O)s1)CC2. The van der Waals surface area contributed by atoms with Crippen molar-refractivity contribution in [3.05, 3.63) is 40.3 Å². The fourth-order valence-electron chi connectivity index (χ4n) is 2.99. The summed E-state index contributed by atoms with van der Waals surface area (Å²) in [5.41, 5.74) is 1.98. The van der Waals surface area contributed by atoms with Crippen LogP contribution in [0.3, 0.4) is 0 Å². The predicted molar refractivity (Wildman–Crippen MR) is 103 cm³/mol. The molecule has 0 spiro atoms. The van der Waals surface area contributed by atoms with Crippen LogP contribution in [0.5, 0.6) is 11.5 Å². The number of hydrogen-bond donors (Lipinski definition) is 1. The maximum atomic E-state index is 13.0. The molecule has 146 valence electrons. The van der Waals surface area contributed by atoms with Gasteiger partial charge in [-0.1, -0.05) is 0 Å². The zero-order valence-corrected chi connectivity index (χ0v) is 17.1. The molecule has 1 N–H and O–H groups in total. The fraction of sp³-hybridized carbons (Fsp3) is 0.389. The first-order chi connectivity index (χ1) is 12.8. The molecular weight excluding hydrogens is 388 g/mol. The zero-order valence-electron chi connectivity index (χ0n) is 15.4. The Balaban J connectivity index is 1.82. The van der Waals surface area contributed by atoms with Crippen LogP contribution < -0.4 is 14.8 Å². The Morgan fingerprint density at radius 2 is 1.85 bits per heavy atom. The molecule has 1 amide bonds. The number of amides is 1. The summed E-state index contributed by atoms with van der Waals surface area (Å²) in [6, 6.07) is 7.09. The van der Waals surface area contributed by atoms with E-state index in [9.17, 15) is 13.2 Å². The van der Waals surface area contributed by atoms with Crippen LogP contribution in [0.25, 0.3) is 0 Å². The minimum Gasteiger partial charge on any atom is -0.493 e. The Morgan fingerprint density at radius 3 is 2.48 bits per heavy atom. The number of rotatable bonds is 6. The lowest BCUT2D eigenvalue weighted by molar-refractivity contribution is -0.119. The number of thiophene rings is 1. The first kappa shape index (κ1) is 19.7. The van der Waals surface area contributed by atoms with E-state index < -0.39 is 10.0 Å². The van der Waals surface area contributed by atoms with Gasteiger partial charge in [-0.3, -0.25) is 4.79 Å². The van der Waals surface area contributed by atoms with Crippen LogP contribution >= 0.6 is 11.3 Å². The first-order valence-electron chi connectivity index (χ1n) is 8.42. The highest BCUT2D eigenvalue weighted by Gasteiger charge is 2.30. The number of benzene rings is 1. The molecule has 0 unspecified atom stereocenters. The lowest BCUT2D eigenvalue weighted by atomic mass is 10.0. The molecule has 9 heteroatoms. The lowest BCUT2D eigenvalue weighted by Crippen LogP contribution is -2.35. The van der Waals surface area contributed by atoms with Gasteiger partial charge < -0.3 is 14.8 Å². The Morgan fingerprint density at radius 1 is 1.19 bits per heavy atom. The van der Waals surface area contributed by atoms with E-state index in [1.807, 2.05) is 12.1 Å². The number of hydrogen-bond acceptors (Lipinski definition) is 6. The van der Waals surface area contributed by atoms with E-state index in [2.05, 4.69) is 5.32 Å². The van der Waals surface area contributed by atoms with Crippen LogP contribution in [0.15, 0.2) is 28.5 Å². The van der Waals surface area contributed by atoms with Gasteiger partial charge in [0, 0.05) is 24.9 Å². The minimum atomic E-state index is -3.59. The van der Waals surface area contributed by atoms with Crippen molar-refractivity contribution in [1.29, 1.82) is 0 Å². The molecule has 0 aliphatic carbocycles. The number of carbonyl (C=O) groups is 1. The molecule has 3 rings (SSSR count). The van der Waals surface area contributed by atoms with Gasteiger partial charge in [-0.2, -0.15) is 4.31 Å². The van der Waals surface area contributed by atoms with Crippen molar-refractivity contribution >= 4 is 27.3 Å². The van der Waals surface area contributed by atoms with E-state index in [1.54, 1.807) is 26.4 Å². The number of methoxy groups -OCH3 is 2. The average molecular weight is 411 g/mol. The van der Waals surface area contributed by atoms with Crippen molar-refractivity contribution in [3.8, 4) is 11.5 Å². The molecule has 2 aromatic rings. The summed E-state index contributed by atoms with van der Waals surface area (Å²) in [4.78, 5) is 11.8. The summed E-state index contributed by atoms with van der Waals surface area (Å²) < 4.78 is 38.5. The highest BCUT2D eigenvalue weighted by atomic mass is 32.2. The van der Waals surface area contributed by atoms with Gasteiger partial charge in [0.2, 0.25) is 5.91 Å². The Hall–Kier alpha value is -2.10. The largest absolute Gasteiger partial charge is 0.493 e. The highest BCUT2D eigenvalue weighted by Crippen LogP contribution is 2.35. The molecule has 0 atom stereocenters. The second kappa shape index (κ2) is 7.87. The van der Waals surface area contributed by atoms with Gasteiger partial charge in [0.25, 0.3) is 10.0 Å². The molecule has 1 aliphatic rings. The van der Waals surface area contributed by atoms with E-state index in [4.69, 9.17) is 9.47 Å². The smallest absolute Gasteiger partial charge is 0.252 e. The molecule has 1 aliphatic heterocycles. The van der Waals surface area contributed by atoms with Crippen LogP contribution in [0.2, 0.25) is 0 Å². The van der Waals surface area contributed by atoms with Gasteiger partial charge in [0.1, 0.15) is 4.21 Å². The van der Waals surface area contributed by atoms with Crippen molar-refractivity contribution in [2.75, 3.05) is 20.8 Å². The van der Waals surface area contributed by atoms with Gasteiger partial charge in [0.15, 0.2) is 11.5 Å². The molecule has 27 heavy (non-hydrogen) atoms. The molecule has 0 fully saturated rings. The number of ether oxygens (including phenoxy) is 2. The van der Waals surface area contributed by atoms with Crippen LogP contribution in [0.4, 0.5) is 0 Å². The van der Waals surface area contributed by atoms with Gasteiger partial charge in [0.05, 0.1) is 20.8 Å². The molecule has 0 bridgehead atoms. The maximum absolute atomic E-state index is 13.0. The third-order valence-electron chi connectivity index (χ3n) is 4.43. The van der Waals surface area contributed by atoms with E-state index in [0.29, 0.717) is 31.0 Å². The summed E-state index contributed by atoms with van der Waals surface area (Å²) in [6.45, 7) is 2.45. The Kier molecular flexibility index (Phi) is 5.73. The monoisotopic (exact) mass is 410 g/mol. The van der Waals surface area contributed by atoms with Crippen LogP contribution in [-0.2, 0) is 34.3 Å². The third kappa shape index (κ3) is 4.10. The summed E-state index contributed by atoms with van der Waals surface area (Å²) in [5, 5.41) is 2.68. The van der Waals surface area contributed by atoms with E-state index in [1.165, 1.54) is 22.6 Å². The van der Waals surface area contributed by atoms with Crippen molar-refractivity contribution in [3.63, 3.8) is 0 Å². The Bertz CT molecular complexity index is 953. The summed E-state index contributed by atoms with van der Waals surface area (Å²) in [6.07, 6.45) is 0.610. The zero-order chi connectivity index (χ0) is 19.6. The number of nitrogens with one attached hydrogen (secondary N) is 1. The van der Waals surface area contributed by atoms with Gasteiger partial charge in [-0.05, 0) is 41.8 Å². The highest BCUT2D eigenvalue weighted by molar-refractivity contribution is 7.91. The van der Waals surface area contributed by atoms with E-state index in [0.717, 1.165) is 16.0 Å². The predicted octanol–water partition coefficient (Wildman–Crippen LogP) is 2.15. The quantitative estimate of drug-likeness (QED) is 0.789. The third-order valence-corrected chi connectivity index (χ3v) is 7.82. The van der Waals surface area contributed by atoms with Gasteiger partial charge in [-0.15, -0.1) is 11.3 Å². The normalized spacial score (nSPS) is 14.5. The van der Waals surface area contributed by atoms with E-state index in [-0.39, 0.29) is 16.7 Å². The molecule has 1 aromatic carbocycles. The molecule has 2 heterocycles.